The number of hydrogen-bond acceptors (Lipinski definition) is 4. The first-order chi connectivity index (χ1) is 8.88. The van der Waals surface area contributed by atoms with Gasteiger partial charge in [0.25, 0.3) is 0 Å². The summed E-state index contributed by atoms with van der Waals surface area (Å²) in [7, 11) is -3.88. The first-order valence-corrected chi connectivity index (χ1v) is 7.38. The molecular weight excluding hydrogens is 309 g/mol. The van der Waals surface area contributed by atoms with E-state index in [9.17, 15) is 8.42 Å². The highest BCUT2D eigenvalue weighted by molar-refractivity contribution is 7.89. The zero-order valence-corrected chi connectivity index (χ0v) is 11.8. The van der Waals surface area contributed by atoms with E-state index in [0.717, 1.165) is 0 Å². The predicted octanol–water partition coefficient (Wildman–Crippen LogP) is 2.78. The van der Waals surface area contributed by atoms with E-state index in [-0.39, 0.29) is 10.7 Å². The molecule has 0 saturated heterocycles. The molecule has 0 aliphatic carbocycles. The van der Waals surface area contributed by atoms with Crippen molar-refractivity contribution in [2.75, 3.05) is 5.32 Å². The monoisotopic (exact) mass is 317 g/mol. The molecule has 0 aliphatic rings. The van der Waals surface area contributed by atoms with Crippen molar-refractivity contribution in [3.8, 4) is 0 Å². The first-order valence-electron chi connectivity index (χ1n) is 5.08. The van der Waals surface area contributed by atoms with E-state index in [2.05, 4.69) is 10.3 Å². The van der Waals surface area contributed by atoms with Crippen LogP contribution in [0.3, 0.4) is 0 Å². The maximum Gasteiger partial charge on any atom is 0.241 e. The van der Waals surface area contributed by atoms with Crippen LogP contribution in [0.4, 0.5) is 11.5 Å². The molecule has 0 unspecified atom stereocenters. The third-order valence-electron chi connectivity index (χ3n) is 2.26. The van der Waals surface area contributed by atoms with Crippen LogP contribution in [0.25, 0.3) is 0 Å². The van der Waals surface area contributed by atoms with Crippen molar-refractivity contribution in [3.05, 3.63) is 46.6 Å². The van der Waals surface area contributed by atoms with Crippen molar-refractivity contribution < 1.29 is 8.42 Å². The standard InChI is InChI=1S/C11H9Cl2N3O2S/c12-7-3-4-8(13)9(6-7)16-11-10(19(14,17)18)2-1-5-15-11/h1-6H,(H,15,16)(H2,14,17,18). The van der Waals surface area contributed by atoms with Crippen LogP contribution in [0.2, 0.25) is 10.0 Å². The number of rotatable bonds is 3. The van der Waals surface area contributed by atoms with Crippen LogP contribution < -0.4 is 10.5 Å². The van der Waals surface area contributed by atoms with Gasteiger partial charge in [-0.15, -0.1) is 0 Å². The molecule has 2 rings (SSSR count). The lowest BCUT2D eigenvalue weighted by atomic mass is 10.3. The summed E-state index contributed by atoms with van der Waals surface area (Å²) < 4.78 is 22.9. The molecule has 3 N–H and O–H groups in total. The number of pyridine rings is 1. The Morgan fingerprint density at radius 3 is 2.63 bits per heavy atom. The maximum absolute atomic E-state index is 11.4. The average molecular weight is 318 g/mol. The Balaban J connectivity index is 2.47. The Bertz CT molecular complexity index is 720. The number of hydrogen-bond donors (Lipinski definition) is 2. The normalized spacial score (nSPS) is 11.3. The smallest absolute Gasteiger partial charge is 0.241 e. The molecule has 0 bridgehead atoms. The summed E-state index contributed by atoms with van der Waals surface area (Å²) in [6.07, 6.45) is 1.44. The van der Waals surface area contributed by atoms with Crippen LogP contribution in [0.15, 0.2) is 41.4 Å². The van der Waals surface area contributed by atoms with Gasteiger partial charge in [0.2, 0.25) is 10.0 Å². The number of benzene rings is 1. The molecule has 0 amide bonds. The minimum absolute atomic E-state index is 0.0918. The molecule has 0 radical (unpaired) electrons. The lowest BCUT2D eigenvalue weighted by molar-refractivity contribution is 0.598. The van der Waals surface area contributed by atoms with Gasteiger partial charge in [0.05, 0.1) is 10.7 Å². The van der Waals surface area contributed by atoms with Crippen LogP contribution in [-0.4, -0.2) is 13.4 Å². The van der Waals surface area contributed by atoms with Gasteiger partial charge in [0, 0.05) is 11.2 Å². The van der Waals surface area contributed by atoms with Gasteiger partial charge in [-0.05, 0) is 30.3 Å². The van der Waals surface area contributed by atoms with E-state index < -0.39 is 10.0 Å². The maximum atomic E-state index is 11.4. The second-order valence-electron chi connectivity index (χ2n) is 3.64. The average Bonchev–Trinajstić information content (AvgIpc) is 2.33. The summed E-state index contributed by atoms with van der Waals surface area (Å²) in [5, 5.41) is 8.76. The highest BCUT2D eigenvalue weighted by atomic mass is 35.5. The number of aromatic nitrogens is 1. The van der Waals surface area contributed by atoms with Gasteiger partial charge >= 0.3 is 0 Å². The SMILES string of the molecule is NS(=O)(=O)c1cccnc1Nc1cc(Cl)ccc1Cl. The number of primary sulfonamides is 1. The molecule has 5 nitrogen and oxygen atoms in total. The fourth-order valence-corrected chi connectivity index (χ4v) is 2.41. The summed E-state index contributed by atoms with van der Waals surface area (Å²) in [6, 6.07) is 7.60. The van der Waals surface area contributed by atoms with Gasteiger partial charge in [-0.25, -0.2) is 18.5 Å². The van der Waals surface area contributed by atoms with Crippen molar-refractivity contribution in [3.63, 3.8) is 0 Å². The van der Waals surface area contributed by atoms with E-state index in [1.807, 2.05) is 0 Å². The third kappa shape index (κ3) is 3.36. The van der Waals surface area contributed by atoms with Crippen LogP contribution in [0.1, 0.15) is 0 Å². The van der Waals surface area contributed by atoms with Gasteiger partial charge in [0.1, 0.15) is 4.90 Å². The number of nitrogens with one attached hydrogen (secondary N) is 1. The first kappa shape index (κ1) is 14.1. The van der Waals surface area contributed by atoms with Crippen molar-refractivity contribution in [1.82, 2.24) is 4.98 Å². The molecule has 0 saturated carbocycles. The highest BCUT2D eigenvalue weighted by Crippen LogP contribution is 2.29. The van der Waals surface area contributed by atoms with Gasteiger partial charge in [0.15, 0.2) is 5.82 Å². The molecule has 0 spiro atoms. The summed E-state index contributed by atoms with van der Waals surface area (Å²) in [6.45, 7) is 0. The number of sulfonamides is 1. The summed E-state index contributed by atoms with van der Waals surface area (Å²) >= 11 is 11.8. The quantitative estimate of drug-likeness (QED) is 0.911. The van der Waals surface area contributed by atoms with Gasteiger partial charge in [-0.1, -0.05) is 23.2 Å². The molecule has 2 aromatic rings. The number of halogens is 2. The Hall–Kier alpha value is -1.34. The third-order valence-corrected chi connectivity index (χ3v) is 3.77. The molecule has 0 fully saturated rings. The van der Waals surface area contributed by atoms with Crippen molar-refractivity contribution in [1.29, 1.82) is 0 Å². The molecule has 8 heteroatoms. The van der Waals surface area contributed by atoms with E-state index >= 15 is 0 Å². The minimum Gasteiger partial charge on any atom is -0.338 e. The lowest BCUT2D eigenvalue weighted by Gasteiger charge is -2.10. The Labute approximate surface area is 120 Å². The number of nitrogens with two attached hydrogens (primary N) is 1. The topological polar surface area (TPSA) is 85.1 Å². The Morgan fingerprint density at radius 1 is 1.21 bits per heavy atom. The van der Waals surface area contributed by atoms with Crippen LogP contribution in [0.5, 0.6) is 0 Å². The predicted molar refractivity (Wildman–Crippen MR) is 75.4 cm³/mol. The Morgan fingerprint density at radius 2 is 1.95 bits per heavy atom. The molecule has 1 aromatic heterocycles. The van der Waals surface area contributed by atoms with Crippen LogP contribution in [0, 0.1) is 0 Å². The largest absolute Gasteiger partial charge is 0.338 e. The summed E-state index contributed by atoms with van der Waals surface area (Å²) in [5.41, 5.74) is 0.442. The minimum atomic E-state index is -3.88. The fourth-order valence-electron chi connectivity index (χ4n) is 1.43. The number of anilines is 2. The molecule has 0 atom stereocenters. The molecule has 100 valence electrons. The van der Waals surface area contributed by atoms with E-state index in [4.69, 9.17) is 28.3 Å². The van der Waals surface area contributed by atoms with Gasteiger partial charge < -0.3 is 5.32 Å². The molecular formula is C11H9Cl2N3O2S. The number of nitrogens with zero attached hydrogens (tertiary/aromatic N) is 1. The fraction of sp³-hybridized carbons (Fsp3) is 0. The van der Waals surface area contributed by atoms with Gasteiger partial charge in [-0.3, -0.25) is 0 Å². The second-order valence-corrected chi connectivity index (χ2v) is 6.02. The van der Waals surface area contributed by atoms with E-state index in [1.54, 1.807) is 18.2 Å². The van der Waals surface area contributed by atoms with Crippen molar-refractivity contribution in [2.45, 2.75) is 4.90 Å². The zero-order valence-electron chi connectivity index (χ0n) is 9.47. The van der Waals surface area contributed by atoms with Crippen molar-refractivity contribution in [2.24, 2.45) is 5.14 Å². The van der Waals surface area contributed by atoms with E-state index in [0.29, 0.717) is 15.7 Å². The molecule has 1 aromatic carbocycles. The van der Waals surface area contributed by atoms with E-state index in [1.165, 1.54) is 18.3 Å². The molecule has 0 aliphatic heterocycles. The second kappa shape index (κ2) is 5.34. The molecule has 19 heavy (non-hydrogen) atoms. The zero-order chi connectivity index (χ0) is 14.0. The summed E-state index contributed by atoms with van der Waals surface area (Å²) in [5.74, 6) is 0.0918. The molecule has 1 heterocycles. The van der Waals surface area contributed by atoms with Gasteiger partial charge in [-0.2, -0.15) is 0 Å². The summed E-state index contributed by atoms with van der Waals surface area (Å²) in [4.78, 5) is 3.82. The van der Waals surface area contributed by atoms with Crippen LogP contribution in [-0.2, 0) is 10.0 Å². The Kier molecular flexibility index (Phi) is 3.96. The van der Waals surface area contributed by atoms with Crippen LogP contribution >= 0.6 is 23.2 Å². The lowest BCUT2D eigenvalue weighted by Crippen LogP contribution is -2.14. The highest BCUT2D eigenvalue weighted by Gasteiger charge is 2.15. The van der Waals surface area contributed by atoms with Crippen molar-refractivity contribution >= 4 is 44.7 Å².